The van der Waals surface area contributed by atoms with E-state index in [1.807, 2.05) is 0 Å². The summed E-state index contributed by atoms with van der Waals surface area (Å²) in [6.07, 6.45) is -2.18. The number of alkyl halides is 3. The first-order chi connectivity index (χ1) is 15.5. The molecule has 0 radical (unpaired) electrons. The predicted octanol–water partition coefficient (Wildman–Crippen LogP) is 1.66. The second kappa shape index (κ2) is 8.90. The number of primary amides is 1. The van der Waals surface area contributed by atoms with Crippen LogP contribution in [0.5, 0.6) is 0 Å². The zero-order valence-electron chi connectivity index (χ0n) is 17.4. The van der Waals surface area contributed by atoms with Gasteiger partial charge >= 0.3 is 0 Å². The lowest BCUT2D eigenvalue weighted by Crippen LogP contribution is -2.52. The molecule has 1 aliphatic heterocycles. The Morgan fingerprint density at radius 2 is 2.06 bits per heavy atom. The normalized spacial score (nSPS) is 25.9. The van der Waals surface area contributed by atoms with Gasteiger partial charge in [-0.15, -0.1) is 23.2 Å². The number of benzene rings is 1. The smallest absolute Gasteiger partial charge is 0.269 e. The van der Waals surface area contributed by atoms with Gasteiger partial charge in [-0.3, -0.25) is 19.1 Å². The molecule has 13 heteroatoms. The molecule has 1 aromatic heterocycles. The van der Waals surface area contributed by atoms with Gasteiger partial charge in [0.05, 0.1) is 12.1 Å². The van der Waals surface area contributed by atoms with Crippen molar-refractivity contribution in [2.45, 2.75) is 35.6 Å². The Morgan fingerprint density at radius 3 is 2.67 bits per heavy atom. The standard InChI is InChI=1S/C20H21Cl3FN5O4/c1-33-17-12(24)7-28(16(17)19(32)26-6-9-5-20(9,22)23)14(30)8-29-13-4-10(21)2-3-11(13)15(27-29)18(25)31/h2-4,9,12,16-17H,5-8H2,1H3,(H2,25,31)(H,26,32)/t9?,12-,16-,17+/m0/s1. The third kappa shape index (κ3) is 4.62. The minimum atomic E-state index is -1.57. The summed E-state index contributed by atoms with van der Waals surface area (Å²) in [5.74, 6) is -2.05. The van der Waals surface area contributed by atoms with Gasteiger partial charge in [-0.2, -0.15) is 5.10 Å². The van der Waals surface area contributed by atoms with E-state index in [0.29, 0.717) is 22.3 Å². The molecule has 0 spiro atoms. The summed E-state index contributed by atoms with van der Waals surface area (Å²) in [5.41, 5.74) is 5.77. The lowest BCUT2D eigenvalue weighted by Gasteiger charge is -2.26. The number of aromatic nitrogens is 2. The molecule has 4 atom stereocenters. The van der Waals surface area contributed by atoms with Crippen molar-refractivity contribution >= 4 is 63.4 Å². The molecule has 1 saturated carbocycles. The van der Waals surface area contributed by atoms with Crippen molar-refractivity contribution in [1.82, 2.24) is 20.0 Å². The molecule has 178 valence electrons. The molecule has 0 bridgehead atoms. The summed E-state index contributed by atoms with van der Waals surface area (Å²) in [5, 5.41) is 7.60. The Kier molecular flexibility index (Phi) is 6.47. The molecule has 3 amide bonds. The number of carbonyl (C=O) groups is 3. The Morgan fingerprint density at radius 1 is 1.36 bits per heavy atom. The monoisotopic (exact) mass is 519 g/mol. The average Bonchev–Trinajstić information content (AvgIpc) is 3.06. The Labute approximate surface area is 203 Å². The Hall–Kier alpha value is -2.14. The van der Waals surface area contributed by atoms with Gasteiger partial charge in [0.15, 0.2) is 5.69 Å². The molecule has 2 heterocycles. The summed E-state index contributed by atoms with van der Waals surface area (Å²) >= 11 is 18.0. The highest BCUT2D eigenvalue weighted by Crippen LogP contribution is 2.52. The first-order valence-electron chi connectivity index (χ1n) is 10.1. The van der Waals surface area contributed by atoms with Crippen molar-refractivity contribution in [3.63, 3.8) is 0 Å². The Bertz CT molecular complexity index is 1130. The van der Waals surface area contributed by atoms with E-state index in [-0.39, 0.29) is 31.2 Å². The number of amides is 3. The van der Waals surface area contributed by atoms with Crippen LogP contribution in [-0.4, -0.2) is 75.3 Å². The maximum atomic E-state index is 14.7. The summed E-state index contributed by atoms with van der Waals surface area (Å²) < 4.78 is 20.2. The van der Waals surface area contributed by atoms with E-state index in [4.69, 9.17) is 45.3 Å². The highest BCUT2D eigenvalue weighted by atomic mass is 35.5. The minimum absolute atomic E-state index is 0.0293. The van der Waals surface area contributed by atoms with Crippen LogP contribution >= 0.6 is 34.8 Å². The Balaban J connectivity index is 1.56. The van der Waals surface area contributed by atoms with E-state index in [2.05, 4.69) is 10.4 Å². The molecule has 33 heavy (non-hydrogen) atoms. The fourth-order valence-corrected chi connectivity index (χ4v) is 4.79. The average molecular weight is 521 g/mol. The topological polar surface area (TPSA) is 120 Å². The molecule has 1 unspecified atom stereocenters. The molecule has 9 nitrogen and oxygen atoms in total. The van der Waals surface area contributed by atoms with Crippen molar-refractivity contribution in [3.8, 4) is 0 Å². The zero-order valence-corrected chi connectivity index (χ0v) is 19.7. The molecule has 1 aromatic carbocycles. The molecule has 3 N–H and O–H groups in total. The number of nitrogens with zero attached hydrogens (tertiary/aromatic N) is 3. The first kappa shape index (κ1) is 24.0. The van der Waals surface area contributed by atoms with Crippen LogP contribution in [0.4, 0.5) is 4.39 Å². The van der Waals surface area contributed by atoms with Crippen LogP contribution in [-0.2, 0) is 20.9 Å². The van der Waals surface area contributed by atoms with Gasteiger partial charge in [0, 0.05) is 30.0 Å². The van der Waals surface area contributed by atoms with Crippen LogP contribution in [0.1, 0.15) is 16.9 Å². The molecule has 1 saturated heterocycles. The second-order valence-corrected chi connectivity index (χ2v) is 10.1. The van der Waals surface area contributed by atoms with Gasteiger partial charge in [0.25, 0.3) is 5.91 Å². The van der Waals surface area contributed by atoms with E-state index in [1.165, 1.54) is 17.9 Å². The van der Waals surface area contributed by atoms with Gasteiger partial charge in [-0.05, 0) is 24.6 Å². The van der Waals surface area contributed by atoms with E-state index in [9.17, 15) is 18.8 Å². The zero-order chi connectivity index (χ0) is 24.1. The number of hydrogen-bond donors (Lipinski definition) is 2. The highest BCUT2D eigenvalue weighted by Gasteiger charge is 2.53. The molecule has 1 aliphatic carbocycles. The van der Waals surface area contributed by atoms with Gasteiger partial charge in [-0.25, -0.2) is 4.39 Å². The molecule has 2 aromatic rings. The fourth-order valence-electron chi connectivity index (χ4n) is 4.09. The molecular weight excluding hydrogens is 500 g/mol. The van der Waals surface area contributed by atoms with Crippen LogP contribution < -0.4 is 11.1 Å². The SMILES string of the molecule is CO[C@H]1[C@@H](C(=O)NCC2CC2(Cl)Cl)N(C(=O)Cn2nc(C(N)=O)c3ccc(Cl)cc32)C[C@@H]1F. The number of ether oxygens (including phenoxy) is 1. The second-order valence-electron chi connectivity index (χ2n) is 8.15. The van der Waals surface area contributed by atoms with E-state index < -0.39 is 40.4 Å². The number of fused-ring (bicyclic) bond motifs is 1. The van der Waals surface area contributed by atoms with Crippen molar-refractivity contribution in [3.05, 3.63) is 28.9 Å². The summed E-state index contributed by atoms with van der Waals surface area (Å²) in [6, 6.07) is 3.48. The van der Waals surface area contributed by atoms with Crippen molar-refractivity contribution in [1.29, 1.82) is 0 Å². The van der Waals surface area contributed by atoms with Crippen LogP contribution in [0, 0.1) is 5.92 Å². The van der Waals surface area contributed by atoms with Crippen LogP contribution in [0.25, 0.3) is 10.9 Å². The summed E-state index contributed by atoms with van der Waals surface area (Å²) in [4.78, 5) is 38.9. The fraction of sp³-hybridized carbons (Fsp3) is 0.500. The maximum Gasteiger partial charge on any atom is 0.269 e. The quantitative estimate of drug-likeness (QED) is 0.538. The predicted molar refractivity (Wildman–Crippen MR) is 120 cm³/mol. The molecule has 2 aliphatic rings. The van der Waals surface area contributed by atoms with E-state index in [1.54, 1.807) is 12.1 Å². The number of methoxy groups -OCH3 is 1. The van der Waals surface area contributed by atoms with Crippen molar-refractivity contribution in [2.75, 3.05) is 20.2 Å². The number of carbonyl (C=O) groups excluding carboxylic acids is 3. The minimum Gasteiger partial charge on any atom is -0.376 e. The lowest BCUT2D eigenvalue weighted by atomic mass is 10.1. The van der Waals surface area contributed by atoms with Crippen molar-refractivity contribution < 1.29 is 23.5 Å². The van der Waals surface area contributed by atoms with Crippen LogP contribution in [0.3, 0.4) is 0 Å². The number of hydrogen-bond acceptors (Lipinski definition) is 5. The van der Waals surface area contributed by atoms with Gasteiger partial charge in [0.1, 0.15) is 29.2 Å². The number of rotatable bonds is 7. The largest absolute Gasteiger partial charge is 0.376 e. The number of likely N-dealkylation sites (tertiary alicyclic amines) is 1. The van der Waals surface area contributed by atoms with Gasteiger partial charge in [-0.1, -0.05) is 11.6 Å². The third-order valence-corrected chi connectivity index (χ3v) is 7.11. The van der Waals surface area contributed by atoms with Crippen LogP contribution in [0.2, 0.25) is 5.02 Å². The third-order valence-electron chi connectivity index (χ3n) is 5.95. The molecular formula is C20H21Cl3FN5O4. The molecule has 4 rings (SSSR count). The van der Waals surface area contributed by atoms with E-state index >= 15 is 0 Å². The number of nitrogens with one attached hydrogen (secondary N) is 1. The summed E-state index contributed by atoms with van der Waals surface area (Å²) in [7, 11) is 1.27. The van der Waals surface area contributed by atoms with Crippen LogP contribution in [0.15, 0.2) is 18.2 Å². The first-order valence-corrected chi connectivity index (χ1v) is 11.2. The van der Waals surface area contributed by atoms with Gasteiger partial charge < -0.3 is 20.7 Å². The number of halogens is 4. The summed E-state index contributed by atoms with van der Waals surface area (Å²) in [6.45, 7) is -0.509. The van der Waals surface area contributed by atoms with Gasteiger partial charge in [0.2, 0.25) is 11.8 Å². The highest BCUT2D eigenvalue weighted by molar-refractivity contribution is 6.50. The number of nitrogens with two attached hydrogens (primary N) is 1. The lowest BCUT2D eigenvalue weighted by molar-refractivity contribution is -0.141. The molecule has 2 fully saturated rings. The van der Waals surface area contributed by atoms with Crippen molar-refractivity contribution in [2.24, 2.45) is 11.7 Å². The van der Waals surface area contributed by atoms with E-state index in [0.717, 1.165) is 4.90 Å². The maximum absolute atomic E-state index is 14.7.